The zero-order valence-corrected chi connectivity index (χ0v) is 12.1. The zero-order chi connectivity index (χ0) is 11.6. The van der Waals surface area contributed by atoms with Gasteiger partial charge >= 0.3 is 58.4 Å². The molecule has 1 rings (SSSR count). The van der Waals surface area contributed by atoms with Crippen LogP contribution >= 0.6 is 0 Å². The van der Waals surface area contributed by atoms with E-state index >= 15 is 0 Å². The van der Waals surface area contributed by atoms with Crippen molar-refractivity contribution in [3.05, 3.63) is 23.8 Å². The molecular weight excluding hydrogens is 247 g/mol. The van der Waals surface area contributed by atoms with Crippen molar-refractivity contribution in [1.82, 2.24) is 0 Å². The number of halogens is 3. The molecule has 1 aromatic carbocycles. The third-order valence-corrected chi connectivity index (χ3v) is 1.96. The van der Waals surface area contributed by atoms with Gasteiger partial charge in [0.2, 0.25) is 0 Å². The number of nitrogens with one attached hydrogen (secondary N) is 1. The van der Waals surface area contributed by atoms with E-state index in [1.165, 1.54) is 7.05 Å². The van der Waals surface area contributed by atoms with E-state index in [1.807, 2.05) is 0 Å². The Morgan fingerprint density at radius 2 is 1.94 bits per heavy atom. The fourth-order valence-electron chi connectivity index (χ4n) is 1.19. The van der Waals surface area contributed by atoms with Crippen LogP contribution in [0, 0.1) is 0 Å². The molecule has 8 heteroatoms. The van der Waals surface area contributed by atoms with Crippen molar-refractivity contribution < 1.29 is 69.1 Å². The van der Waals surface area contributed by atoms with Gasteiger partial charge in [0.1, 0.15) is 0 Å². The second-order valence-electron chi connectivity index (χ2n) is 2.99. The molecule has 0 aliphatic rings. The summed E-state index contributed by atoms with van der Waals surface area (Å²) in [5.74, 6) is -0.763. The van der Waals surface area contributed by atoms with Crippen LogP contribution in [-0.2, 0) is 0 Å². The maximum atomic E-state index is 12.4. The van der Waals surface area contributed by atoms with Crippen molar-refractivity contribution >= 4 is 24.0 Å². The smallest absolute Gasteiger partial charge is 0.445 e. The summed E-state index contributed by atoms with van der Waals surface area (Å²) in [6.07, 6.45) is 0. The van der Waals surface area contributed by atoms with Crippen molar-refractivity contribution in [3.8, 4) is 0 Å². The maximum absolute atomic E-state index is 12.4. The first kappa shape index (κ1) is 16.0. The predicted molar refractivity (Wildman–Crippen MR) is 53.2 cm³/mol. The van der Waals surface area contributed by atoms with E-state index in [-0.39, 0.29) is 62.6 Å². The molecule has 0 aromatic heterocycles. The van der Waals surface area contributed by atoms with E-state index < -0.39 is 18.3 Å². The van der Waals surface area contributed by atoms with Gasteiger partial charge in [-0.3, -0.25) is 4.79 Å². The number of nitrogens with two attached hydrogens (primary N) is 1. The second-order valence-corrected chi connectivity index (χ2v) is 2.99. The predicted octanol–water partition coefficient (Wildman–Crippen LogP) is -2.11. The standard InChI is InChI=1S/C8H9BF3N2O.K/c1-14-7-4-5(9(10,11)12)2-3-6(7)8(13)15;/h2-4,14H,1H3,(H2,13,15);/q-1;+1. The molecule has 3 nitrogen and oxygen atoms in total. The molecule has 0 atom stereocenters. The van der Waals surface area contributed by atoms with E-state index in [4.69, 9.17) is 5.73 Å². The van der Waals surface area contributed by atoms with Gasteiger partial charge in [-0.1, -0.05) is 18.2 Å². The van der Waals surface area contributed by atoms with Crippen LogP contribution in [0.15, 0.2) is 18.2 Å². The van der Waals surface area contributed by atoms with Gasteiger partial charge in [-0.25, -0.2) is 0 Å². The molecule has 0 aliphatic carbocycles. The third-order valence-electron chi connectivity index (χ3n) is 1.96. The molecule has 0 saturated carbocycles. The third kappa shape index (κ3) is 3.78. The van der Waals surface area contributed by atoms with Gasteiger partial charge < -0.3 is 24.0 Å². The van der Waals surface area contributed by atoms with Crippen molar-refractivity contribution in [2.24, 2.45) is 5.73 Å². The molecule has 0 aliphatic heterocycles. The summed E-state index contributed by atoms with van der Waals surface area (Å²) >= 11 is 0. The van der Waals surface area contributed by atoms with Crippen molar-refractivity contribution in [3.63, 3.8) is 0 Å². The van der Waals surface area contributed by atoms with E-state index in [1.54, 1.807) is 0 Å². The molecule has 1 aromatic rings. The molecule has 0 unspecified atom stereocenters. The molecule has 0 spiro atoms. The Morgan fingerprint density at radius 1 is 1.38 bits per heavy atom. The van der Waals surface area contributed by atoms with Crippen LogP contribution in [0.3, 0.4) is 0 Å². The topological polar surface area (TPSA) is 55.1 Å². The number of primary amides is 1. The minimum Gasteiger partial charge on any atom is -0.445 e. The fourth-order valence-corrected chi connectivity index (χ4v) is 1.19. The first-order valence-electron chi connectivity index (χ1n) is 4.17. The molecule has 0 bridgehead atoms. The molecule has 0 heterocycles. The Balaban J connectivity index is 0.00000225. The summed E-state index contributed by atoms with van der Waals surface area (Å²) in [5.41, 5.74) is 4.36. The first-order valence-corrected chi connectivity index (χ1v) is 4.17. The minimum absolute atomic E-state index is 0. The summed E-state index contributed by atoms with van der Waals surface area (Å²) in [6.45, 7) is -5.06. The second kappa shape index (κ2) is 6.06. The quantitative estimate of drug-likeness (QED) is 0.608. The van der Waals surface area contributed by atoms with Gasteiger partial charge in [-0.2, -0.15) is 0 Å². The Hall–Kier alpha value is -0.0187. The number of carbonyl (C=O) groups excluding carboxylic acids is 1. The number of amides is 1. The number of rotatable bonds is 3. The minimum atomic E-state index is -5.06. The number of benzene rings is 1. The van der Waals surface area contributed by atoms with Crippen LogP contribution in [-0.4, -0.2) is 19.9 Å². The molecule has 0 saturated heterocycles. The van der Waals surface area contributed by atoms with Crippen LogP contribution in [0.4, 0.5) is 18.6 Å². The average Bonchev–Trinajstić information content (AvgIpc) is 2.15. The van der Waals surface area contributed by atoms with Crippen LogP contribution in [0.1, 0.15) is 10.4 Å². The maximum Gasteiger partial charge on any atom is 1.00 e. The summed E-state index contributed by atoms with van der Waals surface area (Å²) in [7, 11) is 1.43. The van der Waals surface area contributed by atoms with Crippen molar-refractivity contribution in [2.75, 3.05) is 12.4 Å². The van der Waals surface area contributed by atoms with Gasteiger partial charge in [-0.15, -0.1) is 5.46 Å². The van der Waals surface area contributed by atoms with Gasteiger partial charge in [0.05, 0.1) is 5.56 Å². The molecule has 82 valence electrons. The SMILES string of the molecule is CNc1cc([B-](F)(F)F)ccc1C(N)=O.[K+]. The van der Waals surface area contributed by atoms with Gasteiger partial charge in [0.25, 0.3) is 5.91 Å². The summed E-state index contributed by atoms with van der Waals surface area (Å²) in [5, 5.41) is 2.50. The van der Waals surface area contributed by atoms with E-state index in [2.05, 4.69) is 5.32 Å². The molecule has 16 heavy (non-hydrogen) atoms. The van der Waals surface area contributed by atoms with Crippen LogP contribution in [0.5, 0.6) is 0 Å². The molecular formula is C8H9BF3KN2O. The van der Waals surface area contributed by atoms with Crippen molar-refractivity contribution in [1.29, 1.82) is 0 Å². The summed E-state index contributed by atoms with van der Waals surface area (Å²) in [4.78, 5) is 10.8. The fraction of sp³-hybridized carbons (Fsp3) is 0.125. The van der Waals surface area contributed by atoms with Gasteiger partial charge in [0.15, 0.2) is 0 Å². The molecule has 0 fully saturated rings. The Bertz CT molecular complexity index is 397. The first-order chi connectivity index (χ1) is 6.86. The van der Waals surface area contributed by atoms with Gasteiger partial charge in [0, 0.05) is 12.7 Å². The summed E-state index contributed by atoms with van der Waals surface area (Å²) < 4.78 is 37.1. The largest absolute Gasteiger partial charge is 1.00 e. The number of carbonyl (C=O) groups is 1. The normalized spacial score (nSPS) is 10.5. The van der Waals surface area contributed by atoms with Crippen molar-refractivity contribution in [2.45, 2.75) is 0 Å². The Morgan fingerprint density at radius 3 is 2.31 bits per heavy atom. The Kier molecular flexibility index (Phi) is 6.05. The number of hydrogen-bond donors (Lipinski definition) is 2. The van der Waals surface area contributed by atoms with Gasteiger partial charge in [-0.05, 0) is 0 Å². The monoisotopic (exact) mass is 256 g/mol. The van der Waals surface area contributed by atoms with E-state index in [0.29, 0.717) is 0 Å². The average molecular weight is 256 g/mol. The Labute approximate surface area is 133 Å². The van der Waals surface area contributed by atoms with E-state index in [0.717, 1.165) is 18.2 Å². The number of anilines is 1. The summed E-state index contributed by atoms with van der Waals surface area (Å²) in [6, 6.07) is 2.79. The molecule has 3 N–H and O–H groups in total. The van der Waals surface area contributed by atoms with Crippen LogP contribution in [0.2, 0.25) is 0 Å². The van der Waals surface area contributed by atoms with Crippen LogP contribution in [0.25, 0.3) is 0 Å². The number of hydrogen-bond acceptors (Lipinski definition) is 2. The molecule has 0 radical (unpaired) electrons. The van der Waals surface area contributed by atoms with Crippen LogP contribution < -0.4 is 67.9 Å². The molecule has 1 amide bonds. The zero-order valence-electron chi connectivity index (χ0n) is 8.93. The van der Waals surface area contributed by atoms with E-state index in [9.17, 15) is 17.7 Å².